The maximum absolute atomic E-state index is 5.23. The van der Waals surface area contributed by atoms with Gasteiger partial charge in [0.05, 0.1) is 7.11 Å². The van der Waals surface area contributed by atoms with E-state index in [4.69, 9.17) is 4.74 Å². The van der Waals surface area contributed by atoms with Crippen LogP contribution in [0.5, 0.6) is 5.75 Å². The van der Waals surface area contributed by atoms with E-state index in [1.54, 1.807) is 7.11 Å². The van der Waals surface area contributed by atoms with Crippen LogP contribution in [-0.2, 0) is 6.42 Å². The zero-order valence-corrected chi connectivity index (χ0v) is 13.7. The quantitative estimate of drug-likeness (QED) is 0.715. The van der Waals surface area contributed by atoms with Gasteiger partial charge in [-0.15, -0.1) is 0 Å². The minimum Gasteiger partial charge on any atom is -0.497 e. The molecule has 0 saturated heterocycles. The largest absolute Gasteiger partial charge is 0.497 e. The Morgan fingerprint density at radius 1 is 1.10 bits per heavy atom. The second-order valence-corrected chi connectivity index (χ2v) is 6.40. The van der Waals surface area contributed by atoms with Crippen molar-refractivity contribution in [2.45, 2.75) is 51.9 Å². The lowest BCUT2D eigenvalue weighted by Crippen LogP contribution is -2.31. The summed E-state index contributed by atoms with van der Waals surface area (Å²) in [6, 6.07) is 8.59. The molecule has 2 heteroatoms. The Labute approximate surface area is 130 Å². The van der Waals surface area contributed by atoms with E-state index in [9.17, 15) is 0 Å². The zero-order valence-electron chi connectivity index (χ0n) is 13.7. The Morgan fingerprint density at radius 3 is 2.48 bits per heavy atom. The molecule has 1 aromatic rings. The smallest absolute Gasteiger partial charge is 0.118 e. The zero-order chi connectivity index (χ0) is 14.9. The molecule has 2 nitrogen and oxygen atoms in total. The summed E-state index contributed by atoms with van der Waals surface area (Å²) in [6.07, 6.45) is 9.49. The summed E-state index contributed by atoms with van der Waals surface area (Å²) in [7, 11) is 1.73. The Balaban J connectivity index is 1.80. The first kappa shape index (κ1) is 16.4. The maximum Gasteiger partial charge on any atom is 0.118 e. The summed E-state index contributed by atoms with van der Waals surface area (Å²) in [4.78, 5) is 0. The SMILES string of the molecule is CCCNCC1CCCCC1CCc1ccc(OC)cc1. The number of benzene rings is 1. The molecule has 0 spiro atoms. The van der Waals surface area contributed by atoms with Crippen molar-refractivity contribution < 1.29 is 4.74 Å². The molecule has 1 fully saturated rings. The molecule has 0 heterocycles. The van der Waals surface area contributed by atoms with Gasteiger partial charge in [0.2, 0.25) is 0 Å². The molecule has 0 aliphatic heterocycles. The van der Waals surface area contributed by atoms with Gasteiger partial charge in [-0.25, -0.2) is 0 Å². The predicted octanol–water partition coefficient (Wildman–Crippen LogP) is 4.43. The molecular weight excluding hydrogens is 258 g/mol. The van der Waals surface area contributed by atoms with Crippen molar-refractivity contribution >= 4 is 0 Å². The van der Waals surface area contributed by atoms with E-state index < -0.39 is 0 Å². The highest BCUT2D eigenvalue weighted by Crippen LogP contribution is 2.33. The van der Waals surface area contributed by atoms with E-state index in [1.165, 1.54) is 63.6 Å². The molecule has 1 aliphatic carbocycles. The molecule has 1 N–H and O–H groups in total. The molecule has 0 radical (unpaired) electrons. The van der Waals surface area contributed by atoms with Gasteiger partial charge in [-0.2, -0.15) is 0 Å². The molecule has 21 heavy (non-hydrogen) atoms. The van der Waals surface area contributed by atoms with Gasteiger partial charge in [0.15, 0.2) is 0 Å². The van der Waals surface area contributed by atoms with Crippen molar-refractivity contribution in [1.29, 1.82) is 0 Å². The summed E-state index contributed by atoms with van der Waals surface area (Å²) < 4.78 is 5.23. The number of methoxy groups -OCH3 is 1. The van der Waals surface area contributed by atoms with E-state index >= 15 is 0 Å². The van der Waals surface area contributed by atoms with Gasteiger partial charge in [-0.05, 0) is 68.3 Å². The fourth-order valence-electron chi connectivity index (χ4n) is 3.54. The monoisotopic (exact) mass is 289 g/mol. The Bertz CT molecular complexity index is 387. The molecule has 2 atom stereocenters. The minimum atomic E-state index is 0.892. The molecule has 1 aliphatic rings. The first-order valence-corrected chi connectivity index (χ1v) is 8.67. The highest BCUT2D eigenvalue weighted by Gasteiger charge is 2.24. The third kappa shape index (κ3) is 5.35. The molecule has 118 valence electrons. The van der Waals surface area contributed by atoms with Gasteiger partial charge < -0.3 is 10.1 Å². The lowest BCUT2D eigenvalue weighted by molar-refractivity contribution is 0.218. The van der Waals surface area contributed by atoms with Gasteiger partial charge in [-0.3, -0.25) is 0 Å². The maximum atomic E-state index is 5.23. The summed E-state index contributed by atoms with van der Waals surface area (Å²) in [5.41, 5.74) is 1.45. The number of rotatable bonds is 8. The topological polar surface area (TPSA) is 21.3 Å². The van der Waals surface area contributed by atoms with Crippen molar-refractivity contribution in [2.24, 2.45) is 11.8 Å². The number of aryl methyl sites for hydroxylation is 1. The van der Waals surface area contributed by atoms with Crippen LogP contribution in [0.1, 0.15) is 51.0 Å². The van der Waals surface area contributed by atoms with Gasteiger partial charge in [0.1, 0.15) is 5.75 Å². The first-order chi connectivity index (χ1) is 10.3. The summed E-state index contributed by atoms with van der Waals surface area (Å²) in [5, 5.41) is 3.63. The van der Waals surface area contributed by atoms with Crippen molar-refractivity contribution in [3.63, 3.8) is 0 Å². The minimum absolute atomic E-state index is 0.892. The van der Waals surface area contributed by atoms with Crippen molar-refractivity contribution in [3.8, 4) is 5.75 Å². The van der Waals surface area contributed by atoms with Gasteiger partial charge in [-0.1, -0.05) is 38.3 Å². The van der Waals surface area contributed by atoms with Crippen LogP contribution >= 0.6 is 0 Å². The summed E-state index contributed by atoms with van der Waals surface area (Å²) in [6.45, 7) is 4.64. The fraction of sp³-hybridized carbons (Fsp3) is 0.684. The Hall–Kier alpha value is -1.02. The van der Waals surface area contributed by atoms with Gasteiger partial charge in [0.25, 0.3) is 0 Å². The van der Waals surface area contributed by atoms with Crippen molar-refractivity contribution in [1.82, 2.24) is 5.32 Å². The van der Waals surface area contributed by atoms with Crippen LogP contribution in [0.2, 0.25) is 0 Å². The highest BCUT2D eigenvalue weighted by atomic mass is 16.5. The molecule has 0 aromatic heterocycles. The second kappa shape index (κ2) is 9.09. The third-order valence-corrected chi connectivity index (χ3v) is 4.86. The number of hydrogen-bond acceptors (Lipinski definition) is 2. The van der Waals surface area contributed by atoms with E-state index in [2.05, 4.69) is 36.5 Å². The Morgan fingerprint density at radius 2 is 1.81 bits per heavy atom. The van der Waals surface area contributed by atoms with Crippen LogP contribution < -0.4 is 10.1 Å². The molecule has 2 rings (SSSR count). The molecule has 0 amide bonds. The molecule has 1 aromatic carbocycles. The van der Waals surface area contributed by atoms with Crippen molar-refractivity contribution in [2.75, 3.05) is 20.2 Å². The van der Waals surface area contributed by atoms with E-state index in [0.29, 0.717) is 0 Å². The average Bonchev–Trinajstić information content (AvgIpc) is 2.54. The fourth-order valence-corrected chi connectivity index (χ4v) is 3.54. The number of hydrogen-bond donors (Lipinski definition) is 1. The van der Waals surface area contributed by atoms with Crippen LogP contribution in [0.15, 0.2) is 24.3 Å². The predicted molar refractivity (Wildman–Crippen MR) is 89.9 cm³/mol. The number of nitrogens with one attached hydrogen (secondary N) is 1. The van der Waals surface area contributed by atoms with E-state index in [1.807, 2.05) is 0 Å². The lowest BCUT2D eigenvalue weighted by Gasteiger charge is -2.32. The Kier molecular flexibility index (Phi) is 7.08. The van der Waals surface area contributed by atoms with Crippen LogP contribution in [0.3, 0.4) is 0 Å². The van der Waals surface area contributed by atoms with Crippen LogP contribution in [0, 0.1) is 11.8 Å². The highest BCUT2D eigenvalue weighted by molar-refractivity contribution is 5.27. The summed E-state index contributed by atoms with van der Waals surface area (Å²) >= 11 is 0. The molecule has 1 saturated carbocycles. The van der Waals surface area contributed by atoms with E-state index in [-0.39, 0.29) is 0 Å². The average molecular weight is 289 g/mol. The lowest BCUT2D eigenvalue weighted by atomic mass is 9.76. The molecular formula is C19H31NO. The number of ether oxygens (including phenoxy) is 1. The molecule has 2 unspecified atom stereocenters. The van der Waals surface area contributed by atoms with Crippen LogP contribution in [0.4, 0.5) is 0 Å². The standard InChI is InChI=1S/C19H31NO/c1-3-14-20-15-18-7-5-4-6-17(18)11-8-16-9-12-19(21-2)13-10-16/h9-10,12-13,17-18,20H,3-8,11,14-15H2,1-2H3. The van der Waals surface area contributed by atoms with Gasteiger partial charge >= 0.3 is 0 Å². The normalized spacial score (nSPS) is 22.2. The van der Waals surface area contributed by atoms with Crippen molar-refractivity contribution in [3.05, 3.63) is 29.8 Å². The van der Waals surface area contributed by atoms with Crippen LogP contribution in [-0.4, -0.2) is 20.2 Å². The first-order valence-electron chi connectivity index (χ1n) is 8.67. The van der Waals surface area contributed by atoms with Gasteiger partial charge in [0, 0.05) is 0 Å². The van der Waals surface area contributed by atoms with E-state index in [0.717, 1.165) is 17.6 Å². The van der Waals surface area contributed by atoms with Crippen LogP contribution in [0.25, 0.3) is 0 Å². The summed E-state index contributed by atoms with van der Waals surface area (Å²) in [5.74, 6) is 2.76. The molecule has 0 bridgehead atoms. The third-order valence-electron chi connectivity index (χ3n) is 4.86. The second-order valence-electron chi connectivity index (χ2n) is 6.40.